The second-order valence-electron chi connectivity index (χ2n) is 6.03. The lowest BCUT2D eigenvalue weighted by molar-refractivity contribution is -0.117. The summed E-state index contributed by atoms with van der Waals surface area (Å²) in [6.07, 6.45) is 5.39. The lowest BCUT2D eigenvalue weighted by Crippen LogP contribution is -2.50. The van der Waals surface area contributed by atoms with Gasteiger partial charge in [0.05, 0.1) is 0 Å². The van der Waals surface area contributed by atoms with Crippen LogP contribution in [0.5, 0.6) is 0 Å². The topological polar surface area (TPSA) is 53.2 Å². The molecule has 0 bridgehead atoms. The second kappa shape index (κ2) is 8.44. The van der Waals surface area contributed by atoms with Gasteiger partial charge in [-0.25, -0.2) is 0 Å². The lowest BCUT2D eigenvalue weighted by Gasteiger charge is -2.21. The van der Waals surface area contributed by atoms with Crippen molar-refractivity contribution < 1.29 is 4.79 Å². The summed E-state index contributed by atoms with van der Waals surface area (Å²) in [5, 5.41) is 9.86. The molecule has 0 saturated heterocycles. The second-order valence-corrected chi connectivity index (χ2v) is 6.44. The minimum absolute atomic E-state index is 0.129. The Morgan fingerprint density at radius 2 is 1.64 bits per heavy atom. The number of carbonyl (C=O) groups is 1. The van der Waals surface area contributed by atoms with E-state index in [-0.39, 0.29) is 12.1 Å². The van der Waals surface area contributed by atoms with Crippen LogP contribution in [0.25, 0.3) is 6.08 Å². The summed E-state index contributed by atoms with van der Waals surface area (Å²) in [4.78, 5) is 12.2. The molecule has 2 aromatic carbocycles. The summed E-state index contributed by atoms with van der Waals surface area (Å²) < 4.78 is 0. The predicted molar refractivity (Wildman–Crippen MR) is 106 cm³/mol. The lowest BCUT2D eigenvalue weighted by atomic mass is 10.2. The SMILES string of the molecule is O=C(C=Cc1ccccc1)NC(NC(=S)Nc1ccccc1)C1CC1. The zero-order chi connectivity index (χ0) is 17.5. The number of thiocarbonyl (C=S) groups is 1. The Morgan fingerprint density at radius 3 is 2.28 bits per heavy atom. The number of para-hydroxylation sites is 1. The van der Waals surface area contributed by atoms with Gasteiger partial charge in [-0.2, -0.15) is 0 Å². The first kappa shape index (κ1) is 17.2. The third-order valence-electron chi connectivity index (χ3n) is 3.94. The third-order valence-corrected chi connectivity index (χ3v) is 4.16. The van der Waals surface area contributed by atoms with E-state index in [2.05, 4.69) is 16.0 Å². The van der Waals surface area contributed by atoms with Crippen molar-refractivity contribution in [3.8, 4) is 0 Å². The van der Waals surface area contributed by atoms with E-state index in [9.17, 15) is 4.79 Å². The molecule has 1 aliphatic carbocycles. The van der Waals surface area contributed by atoms with Crippen LogP contribution in [0, 0.1) is 5.92 Å². The minimum atomic E-state index is -0.156. The van der Waals surface area contributed by atoms with E-state index in [1.807, 2.05) is 60.7 Å². The molecule has 3 rings (SSSR count). The molecule has 0 spiro atoms. The molecule has 4 nitrogen and oxygen atoms in total. The highest BCUT2D eigenvalue weighted by Crippen LogP contribution is 2.31. The molecule has 0 aliphatic heterocycles. The van der Waals surface area contributed by atoms with Crippen LogP contribution in [0.3, 0.4) is 0 Å². The Morgan fingerprint density at radius 1 is 1.00 bits per heavy atom. The molecule has 25 heavy (non-hydrogen) atoms. The summed E-state index contributed by atoms with van der Waals surface area (Å²) in [6.45, 7) is 0. The van der Waals surface area contributed by atoms with Crippen LogP contribution >= 0.6 is 12.2 Å². The van der Waals surface area contributed by atoms with Gasteiger partial charge in [0.2, 0.25) is 5.91 Å². The number of rotatable bonds is 6. The van der Waals surface area contributed by atoms with Crippen molar-refractivity contribution in [1.82, 2.24) is 10.6 Å². The number of anilines is 1. The molecule has 1 atom stereocenters. The third kappa shape index (κ3) is 5.72. The van der Waals surface area contributed by atoms with Crippen LogP contribution < -0.4 is 16.0 Å². The van der Waals surface area contributed by atoms with E-state index < -0.39 is 0 Å². The Hall–Kier alpha value is -2.66. The highest BCUT2D eigenvalue weighted by atomic mass is 32.1. The fraction of sp³-hybridized carbons (Fsp3) is 0.200. The molecule has 0 heterocycles. The van der Waals surface area contributed by atoms with Gasteiger partial charge in [-0.05, 0) is 54.7 Å². The summed E-state index contributed by atoms with van der Waals surface area (Å²) >= 11 is 5.36. The molecule has 1 saturated carbocycles. The number of hydrogen-bond acceptors (Lipinski definition) is 2. The van der Waals surface area contributed by atoms with Gasteiger partial charge in [0.15, 0.2) is 5.11 Å². The monoisotopic (exact) mass is 351 g/mol. The van der Waals surface area contributed by atoms with Gasteiger partial charge in [0.25, 0.3) is 0 Å². The van der Waals surface area contributed by atoms with Crippen molar-refractivity contribution in [3.63, 3.8) is 0 Å². The average molecular weight is 351 g/mol. The average Bonchev–Trinajstić information content (AvgIpc) is 3.46. The Labute approximate surface area is 153 Å². The Kier molecular flexibility index (Phi) is 5.80. The van der Waals surface area contributed by atoms with Crippen LogP contribution in [0.15, 0.2) is 66.7 Å². The quantitative estimate of drug-likeness (QED) is 0.423. The van der Waals surface area contributed by atoms with Crippen molar-refractivity contribution in [1.29, 1.82) is 0 Å². The van der Waals surface area contributed by atoms with Crippen LogP contribution in [-0.4, -0.2) is 17.2 Å². The Bertz CT molecular complexity index is 742. The van der Waals surface area contributed by atoms with E-state index in [1.165, 1.54) is 0 Å². The summed E-state index contributed by atoms with van der Waals surface area (Å²) in [5.41, 5.74) is 1.92. The number of hydrogen-bond donors (Lipinski definition) is 3. The summed E-state index contributed by atoms with van der Waals surface area (Å²) in [5.74, 6) is 0.292. The molecular formula is C20H21N3OS. The zero-order valence-electron chi connectivity index (χ0n) is 13.8. The van der Waals surface area contributed by atoms with Crippen molar-refractivity contribution in [3.05, 3.63) is 72.3 Å². The number of nitrogens with one attached hydrogen (secondary N) is 3. The first-order valence-electron chi connectivity index (χ1n) is 8.37. The van der Waals surface area contributed by atoms with E-state index in [0.29, 0.717) is 11.0 Å². The largest absolute Gasteiger partial charge is 0.342 e. The molecule has 0 aromatic heterocycles. The van der Waals surface area contributed by atoms with E-state index in [4.69, 9.17) is 12.2 Å². The first-order valence-corrected chi connectivity index (χ1v) is 8.78. The minimum Gasteiger partial charge on any atom is -0.342 e. The van der Waals surface area contributed by atoms with Crippen LogP contribution in [-0.2, 0) is 4.79 Å². The van der Waals surface area contributed by atoms with E-state index in [0.717, 1.165) is 24.1 Å². The van der Waals surface area contributed by atoms with Crippen LogP contribution in [0.2, 0.25) is 0 Å². The highest BCUT2D eigenvalue weighted by molar-refractivity contribution is 7.80. The number of amides is 1. The highest BCUT2D eigenvalue weighted by Gasteiger charge is 2.32. The fourth-order valence-electron chi connectivity index (χ4n) is 2.47. The maximum Gasteiger partial charge on any atom is 0.245 e. The Balaban J connectivity index is 1.53. The van der Waals surface area contributed by atoms with Crippen LogP contribution in [0.1, 0.15) is 18.4 Å². The standard InChI is InChI=1S/C20H21N3OS/c24-18(14-11-15-7-3-1-4-8-15)22-19(16-12-13-16)23-20(25)21-17-9-5-2-6-10-17/h1-11,14,16,19H,12-13H2,(H,22,24)(H2,21,23,25). The molecule has 128 valence electrons. The molecule has 1 fully saturated rings. The van der Waals surface area contributed by atoms with Gasteiger partial charge in [-0.3, -0.25) is 4.79 Å². The normalized spacial score (nSPS) is 14.7. The zero-order valence-corrected chi connectivity index (χ0v) is 14.6. The van der Waals surface area contributed by atoms with Crippen molar-refractivity contribution >= 4 is 35.0 Å². The molecule has 1 amide bonds. The van der Waals surface area contributed by atoms with Gasteiger partial charge in [-0.15, -0.1) is 0 Å². The van der Waals surface area contributed by atoms with Gasteiger partial charge in [-0.1, -0.05) is 48.5 Å². The molecule has 5 heteroatoms. The van der Waals surface area contributed by atoms with Gasteiger partial charge in [0.1, 0.15) is 6.17 Å². The van der Waals surface area contributed by atoms with Crippen molar-refractivity contribution in [2.75, 3.05) is 5.32 Å². The molecule has 1 unspecified atom stereocenters. The van der Waals surface area contributed by atoms with Gasteiger partial charge < -0.3 is 16.0 Å². The molecule has 1 aliphatic rings. The smallest absolute Gasteiger partial charge is 0.245 e. The van der Waals surface area contributed by atoms with E-state index in [1.54, 1.807) is 12.2 Å². The maximum absolute atomic E-state index is 12.2. The van der Waals surface area contributed by atoms with Crippen molar-refractivity contribution in [2.45, 2.75) is 19.0 Å². The predicted octanol–water partition coefficient (Wildman–Crippen LogP) is 3.54. The van der Waals surface area contributed by atoms with Crippen LogP contribution in [0.4, 0.5) is 5.69 Å². The molecule has 0 radical (unpaired) electrons. The molecule has 3 N–H and O–H groups in total. The number of benzene rings is 2. The molecule has 2 aromatic rings. The fourth-order valence-corrected chi connectivity index (χ4v) is 2.71. The van der Waals surface area contributed by atoms with Gasteiger partial charge in [0, 0.05) is 11.8 Å². The van der Waals surface area contributed by atoms with Crippen molar-refractivity contribution in [2.24, 2.45) is 5.92 Å². The number of carbonyl (C=O) groups excluding carboxylic acids is 1. The molecular weight excluding hydrogens is 330 g/mol. The van der Waals surface area contributed by atoms with Gasteiger partial charge >= 0.3 is 0 Å². The summed E-state index contributed by atoms with van der Waals surface area (Å²) in [6, 6.07) is 19.5. The first-order chi connectivity index (χ1) is 12.2. The maximum atomic E-state index is 12.2. The summed E-state index contributed by atoms with van der Waals surface area (Å²) in [7, 11) is 0. The van der Waals surface area contributed by atoms with E-state index >= 15 is 0 Å².